The molecule has 1 heterocycles. The van der Waals surface area contributed by atoms with Crippen molar-refractivity contribution in [3.8, 4) is 39.4 Å². The lowest BCUT2D eigenvalue weighted by molar-refractivity contribution is 1.18. The fraction of sp³-hybridized carbons (Fsp3) is 0. The number of nitrogens with zero attached hydrogens (tertiary/aromatic N) is 3. The van der Waals surface area contributed by atoms with Gasteiger partial charge in [0.05, 0.1) is 11.6 Å². The van der Waals surface area contributed by atoms with Crippen molar-refractivity contribution in [1.29, 1.82) is 5.26 Å². The zero-order chi connectivity index (χ0) is 34.1. The standard InChI is InChI=1S/C48H31N3/c49-31-33-21-26-38(27-22-33)51(39-28-23-35(24-29-39)34-11-2-1-3-12-34)46-30-25-37(32-50-46)47-42-16-6-8-18-44(42)48(45-19-9-7-17-43(45)47)41-20-10-14-36-13-4-5-15-40(36)41/h1-30,32H. The third kappa shape index (κ3) is 5.37. The van der Waals surface area contributed by atoms with E-state index in [0.717, 1.165) is 28.3 Å². The summed E-state index contributed by atoms with van der Waals surface area (Å²) in [5, 5.41) is 16.8. The van der Waals surface area contributed by atoms with Gasteiger partial charge in [-0.05, 0) is 109 Å². The third-order valence-electron chi connectivity index (χ3n) is 9.74. The Hall–Kier alpha value is -7.02. The second-order valence-corrected chi connectivity index (χ2v) is 12.7. The van der Waals surface area contributed by atoms with Gasteiger partial charge in [-0.1, -0.05) is 133 Å². The van der Waals surface area contributed by atoms with Gasteiger partial charge in [0, 0.05) is 23.1 Å². The van der Waals surface area contributed by atoms with E-state index >= 15 is 0 Å². The first-order valence-corrected chi connectivity index (χ1v) is 17.1. The van der Waals surface area contributed by atoms with Crippen molar-refractivity contribution in [3.63, 3.8) is 0 Å². The van der Waals surface area contributed by atoms with Gasteiger partial charge in [-0.15, -0.1) is 0 Å². The minimum atomic E-state index is 0.618. The molecule has 8 aromatic carbocycles. The van der Waals surface area contributed by atoms with E-state index in [4.69, 9.17) is 4.98 Å². The number of nitriles is 1. The molecule has 3 nitrogen and oxygen atoms in total. The summed E-state index contributed by atoms with van der Waals surface area (Å²) in [4.78, 5) is 7.27. The van der Waals surface area contributed by atoms with Gasteiger partial charge in [0.2, 0.25) is 0 Å². The molecule has 0 fully saturated rings. The number of fused-ring (bicyclic) bond motifs is 3. The fourth-order valence-corrected chi connectivity index (χ4v) is 7.37. The van der Waals surface area contributed by atoms with E-state index in [9.17, 15) is 5.26 Å². The smallest absolute Gasteiger partial charge is 0.137 e. The van der Waals surface area contributed by atoms with Gasteiger partial charge in [-0.3, -0.25) is 4.90 Å². The number of aromatic nitrogens is 1. The van der Waals surface area contributed by atoms with Crippen LogP contribution >= 0.6 is 0 Å². The molecule has 0 saturated carbocycles. The summed E-state index contributed by atoms with van der Waals surface area (Å²) in [6, 6.07) is 65.8. The highest BCUT2D eigenvalue weighted by Crippen LogP contribution is 2.45. The molecular weight excluding hydrogens is 619 g/mol. The van der Waals surface area contributed by atoms with Gasteiger partial charge in [-0.25, -0.2) is 4.98 Å². The summed E-state index contributed by atoms with van der Waals surface area (Å²) >= 11 is 0. The van der Waals surface area contributed by atoms with Gasteiger partial charge in [0.15, 0.2) is 0 Å². The Morgan fingerprint density at radius 2 is 0.922 bits per heavy atom. The van der Waals surface area contributed by atoms with Crippen LogP contribution in [0.3, 0.4) is 0 Å². The summed E-state index contributed by atoms with van der Waals surface area (Å²) in [5.74, 6) is 0.789. The van der Waals surface area contributed by atoms with Crippen molar-refractivity contribution < 1.29 is 0 Å². The molecule has 0 saturated heterocycles. The molecule has 0 radical (unpaired) electrons. The molecule has 0 unspecified atom stereocenters. The van der Waals surface area contributed by atoms with Gasteiger partial charge in [-0.2, -0.15) is 5.26 Å². The normalized spacial score (nSPS) is 11.1. The van der Waals surface area contributed by atoms with E-state index in [1.807, 2.05) is 36.5 Å². The zero-order valence-corrected chi connectivity index (χ0v) is 27.7. The Labute approximate surface area is 296 Å². The molecule has 0 bridgehead atoms. The first kappa shape index (κ1) is 30.1. The SMILES string of the molecule is N#Cc1ccc(N(c2ccc(-c3ccccc3)cc2)c2ccc(-c3c4ccccc4c(-c4cccc5ccccc45)c4ccccc34)cn2)cc1. The number of rotatable bonds is 6. The molecule has 0 atom stereocenters. The third-order valence-corrected chi connectivity index (χ3v) is 9.74. The number of hydrogen-bond donors (Lipinski definition) is 0. The lowest BCUT2D eigenvalue weighted by atomic mass is 9.85. The molecule has 3 heteroatoms. The molecule has 1 aromatic heterocycles. The molecule has 51 heavy (non-hydrogen) atoms. The molecule has 238 valence electrons. The van der Waals surface area contributed by atoms with Crippen LogP contribution in [-0.4, -0.2) is 4.98 Å². The summed E-state index contributed by atoms with van der Waals surface area (Å²) < 4.78 is 0. The Morgan fingerprint density at radius 3 is 1.53 bits per heavy atom. The maximum absolute atomic E-state index is 9.48. The monoisotopic (exact) mass is 649 g/mol. The van der Waals surface area contributed by atoms with E-state index in [2.05, 4.69) is 163 Å². The molecule has 0 N–H and O–H groups in total. The molecule has 0 amide bonds. The minimum Gasteiger partial charge on any atom is -0.295 e. The second kappa shape index (κ2) is 12.8. The van der Waals surface area contributed by atoms with Crippen molar-refractivity contribution in [2.45, 2.75) is 0 Å². The Kier molecular flexibility index (Phi) is 7.54. The highest BCUT2D eigenvalue weighted by Gasteiger charge is 2.19. The molecule has 0 aliphatic heterocycles. The molecular formula is C48H31N3. The number of anilines is 3. The van der Waals surface area contributed by atoms with Gasteiger partial charge < -0.3 is 0 Å². The number of hydrogen-bond acceptors (Lipinski definition) is 3. The van der Waals surface area contributed by atoms with Crippen LogP contribution in [0.5, 0.6) is 0 Å². The van der Waals surface area contributed by atoms with Gasteiger partial charge in [0.1, 0.15) is 5.82 Å². The second-order valence-electron chi connectivity index (χ2n) is 12.7. The first-order chi connectivity index (χ1) is 25.3. The predicted octanol–water partition coefficient (Wildman–Crippen LogP) is 12.9. The summed E-state index contributed by atoms with van der Waals surface area (Å²) in [5.41, 5.74) is 9.54. The lowest BCUT2D eigenvalue weighted by Crippen LogP contribution is -2.11. The molecule has 0 aliphatic rings. The van der Waals surface area contributed by atoms with Crippen LogP contribution in [0.25, 0.3) is 65.7 Å². The van der Waals surface area contributed by atoms with E-state index in [-0.39, 0.29) is 0 Å². The molecule has 9 rings (SSSR count). The van der Waals surface area contributed by atoms with E-state index < -0.39 is 0 Å². The highest BCUT2D eigenvalue weighted by atomic mass is 15.2. The van der Waals surface area contributed by atoms with Crippen LogP contribution in [0.4, 0.5) is 17.2 Å². The van der Waals surface area contributed by atoms with Crippen LogP contribution in [-0.2, 0) is 0 Å². The van der Waals surface area contributed by atoms with Crippen molar-refractivity contribution >= 4 is 49.5 Å². The van der Waals surface area contributed by atoms with E-state index in [1.54, 1.807) is 0 Å². The zero-order valence-electron chi connectivity index (χ0n) is 27.7. The van der Waals surface area contributed by atoms with E-state index in [0.29, 0.717) is 5.56 Å². The largest absolute Gasteiger partial charge is 0.295 e. The number of benzene rings is 8. The Bertz CT molecular complexity index is 2660. The highest BCUT2D eigenvalue weighted by molar-refractivity contribution is 6.23. The van der Waals surface area contributed by atoms with Crippen molar-refractivity contribution in [2.24, 2.45) is 0 Å². The minimum absolute atomic E-state index is 0.618. The number of pyridine rings is 1. The van der Waals surface area contributed by atoms with Crippen LogP contribution in [0.2, 0.25) is 0 Å². The van der Waals surface area contributed by atoms with E-state index in [1.165, 1.54) is 54.6 Å². The van der Waals surface area contributed by atoms with Crippen LogP contribution in [0.15, 0.2) is 188 Å². The lowest BCUT2D eigenvalue weighted by Gasteiger charge is -2.25. The summed E-state index contributed by atoms with van der Waals surface area (Å²) in [6.45, 7) is 0. The van der Waals surface area contributed by atoms with Gasteiger partial charge >= 0.3 is 0 Å². The van der Waals surface area contributed by atoms with Crippen molar-refractivity contribution in [1.82, 2.24) is 4.98 Å². The molecule has 0 aliphatic carbocycles. The average molecular weight is 650 g/mol. The molecule has 0 spiro atoms. The summed E-state index contributed by atoms with van der Waals surface area (Å²) in [7, 11) is 0. The van der Waals surface area contributed by atoms with Gasteiger partial charge in [0.25, 0.3) is 0 Å². The topological polar surface area (TPSA) is 39.9 Å². The average Bonchev–Trinajstić information content (AvgIpc) is 3.21. The Morgan fingerprint density at radius 1 is 0.412 bits per heavy atom. The van der Waals surface area contributed by atoms with Crippen LogP contribution < -0.4 is 4.90 Å². The van der Waals surface area contributed by atoms with Crippen LogP contribution in [0.1, 0.15) is 5.56 Å². The predicted molar refractivity (Wildman–Crippen MR) is 212 cm³/mol. The Balaban J connectivity index is 1.20. The maximum atomic E-state index is 9.48. The van der Waals surface area contributed by atoms with Crippen molar-refractivity contribution in [2.75, 3.05) is 4.90 Å². The van der Waals surface area contributed by atoms with Crippen LogP contribution in [0, 0.1) is 11.3 Å². The first-order valence-electron chi connectivity index (χ1n) is 17.1. The molecule has 9 aromatic rings. The maximum Gasteiger partial charge on any atom is 0.137 e. The fourth-order valence-electron chi connectivity index (χ4n) is 7.37. The van der Waals surface area contributed by atoms with Crippen molar-refractivity contribution in [3.05, 3.63) is 194 Å². The quantitative estimate of drug-likeness (QED) is 0.168. The summed E-state index contributed by atoms with van der Waals surface area (Å²) in [6.07, 6.45) is 2.00.